The standard InChI is InChI=1S/C16H24ClNO3/c1-12(19)10-16(2,3)11-18-15(20)7-8-21-14-6-4-5-13(17)9-14/h4-6,9,12,19H,7-8,10-11H2,1-3H3,(H,18,20)/t12-/m1/s1. The number of benzene rings is 1. The van der Waals surface area contributed by atoms with Crippen molar-refractivity contribution in [2.45, 2.75) is 39.7 Å². The SMILES string of the molecule is C[C@@H](O)CC(C)(C)CNC(=O)CCOc1cccc(Cl)c1. The molecule has 0 saturated heterocycles. The maximum Gasteiger partial charge on any atom is 0.223 e. The van der Waals surface area contributed by atoms with Crippen LogP contribution in [0.25, 0.3) is 0 Å². The van der Waals surface area contributed by atoms with Crippen LogP contribution in [-0.2, 0) is 4.79 Å². The van der Waals surface area contributed by atoms with Crippen molar-refractivity contribution in [1.29, 1.82) is 0 Å². The predicted molar refractivity (Wildman–Crippen MR) is 84.7 cm³/mol. The van der Waals surface area contributed by atoms with Gasteiger partial charge in [0.05, 0.1) is 19.1 Å². The summed E-state index contributed by atoms with van der Waals surface area (Å²) in [6.07, 6.45) is 0.562. The van der Waals surface area contributed by atoms with E-state index in [1.807, 2.05) is 13.8 Å². The summed E-state index contributed by atoms with van der Waals surface area (Å²) >= 11 is 5.85. The van der Waals surface area contributed by atoms with E-state index in [-0.39, 0.29) is 23.8 Å². The molecule has 0 spiro atoms. The van der Waals surface area contributed by atoms with Gasteiger partial charge in [0, 0.05) is 11.6 Å². The van der Waals surface area contributed by atoms with E-state index in [1.54, 1.807) is 31.2 Å². The van der Waals surface area contributed by atoms with Gasteiger partial charge >= 0.3 is 0 Å². The largest absolute Gasteiger partial charge is 0.493 e. The third kappa shape index (κ3) is 7.93. The second-order valence-corrected chi connectivity index (χ2v) is 6.49. The first-order valence-corrected chi connectivity index (χ1v) is 7.49. The van der Waals surface area contributed by atoms with Crippen LogP contribution in [-0.4, -0.2) is 30.3 Å². The van der Waals surface area contributed by atoms with E-state index in [9.17, 15) is 9.90 Å². The van der Waals surface area contributed by atoms with Crippen LogP contribution in [0.3, 0.4) is 0 Å². The van der Waals surface area contributed by atoms with Crippen molar-refractivity contribution in [3.05, 3.63) is 29.3 Å². The molecule has 1 aromatic rings. The van der Waals surface area contributed by atoms with Crippen LogP contribution in [0.15, 0.2) is 24.3 Å². The van der Waals surface area contributed by atoms with Crippen molar-refractivity contribution >= 4 is 17.5 Å². The van der Waals surface area contributed by atoms with Gasteiger partial charge in [-0.25, -0.2) is 0 Å². The number of carbonyl (C=O) groups is 1. The molecule has 1 rings (SSSR count). The summed E-state index contributed by atoms with van der Waals surface area (Å²) in [5.41, 5.74) is -0.127. The molecule has 0 aliphatic heterocycles. The average Bonchev–Trinajstić information content (AvgIpc) is 2.35. The number of nitrogens with one attached hydrogen (secondary N) is 1. The molecule has 118 valence electrons. The first-order chi connectivity index (χ1) is 9.78. The molecule has 0 radical (unpaired) electrons. The summed E-state index contributed by atoms with van der Waals surface area (Å²) in [4.78, 5) is 11.8. The molecule has 0 fully saturated rings. The number of rotatable bonds is 8. The third-order valence-corrected chi connectivity index (χ3v) is 3.24. The normalized spacial score (nSPS) is 12.8. The number of ether oxygens (including phenoxy) is 1. The molecule has 4 nitrogen and oxygen atoms in total. The highest BCUT2D eigenvalue weighted by Crippen LogP contribution is 2.21. The quantitative estimate of drug-likeness (QED) is 0.775. The van der Waals surface area contributed by atoms with Gasteiger partial charge in [-0.15, -0.1) is 0 Å². The highest BCUT2D eigenvalue weighted by molar-refractivity contribution is 6.30. The van der Waals surface area contributed by atoms with E-state index in [1.165, 1.54) is 0 Å². The first-order valence-electron chi connectivity index (χ1n) is 7.12. The fourth-order valence-corrected chi connectivity index (χ4v) is 2.30. The summed E-state index contributed by atoms with van der Waals surface area (Å²) in [7, 11) is 0. The highest BCUT2D eigenvalue weighted by Gasteiger charge is 2.20. The van der Waals surface area contributed by atoms with Gasteiger partial charge < -0.3 is 15.2 Å². The molecule has 0 unspecified atom stereocenters. The number of hydrogen-bond acceptors (Lipinski definition) is 3. The van der Waals surface area contributed by atoms with Crippen LogP contribution in [0.1, 0.15) is 33.6 Å². The Bertz CT molecular complexity index is 461. The van der Waals surface area contributed by atoms with Gasteiger partial charge in [-0.2, -0.15) is 0 Å². The first kappa shape index (κ1) is 17.8. The second kappa shape index (κ2) is 8.25. The predicted octanol–water partition coefficient (Wildman–Crippen LogP) is 3.02. The highest BCUT2D eigenvalue weighted by atomic mass is 35.5. The molecule has 1 aromatic carbocycles. The maximum absolute atomic E-state index is 11.8. The van der Waals surface area contributed by atoms with Crippen LogP contribution < -0.4 is 10.1 Å². The van der Waals surface area contributed by atoms with E-state index < -0.39 is 0 Å². The van der Waals surface area contributed by atoms with Crippen LogP contribution in [0.5, 0.6) is 5.75 Å². The minimum Gasteiger partial charge on any atom is -0.493 e. The number of hydrogen-bond donors (Lipinski definition) is 2. The lowest BCUT2D eigenvalue weighted by Gasteiger charge is -2.26. The molecule has 0 aliphatic rings. The van der Waals surface area contributed by atoms with E-state index in [0.717, 1.165) is 0 Å². The molecule has 1 amide bonds. The van der Waals surface area contributed by atoms with Gasteiger partial charge in [-0.05, 0) is 37.0 Å². The van der Waals surface area contributed by atoms with Crippen molar-refractivity contribution in [3.63, 3.8) is 0 Å². The number of halogens is 1. The van der Waals surface area contributed by atoms with Gasteiger partial charge in [-0.3, -0.25) is 4.79 Å². The summed E-state index contributed by atoms with van der Waals surface area (Å²) in [5.74, 6) is 0.598. The van der Waals surface area contributed by atoms with Crippen molar-refractivity contribution in [2.24, 2.45) is 5.41 Å². The van der Waals surface area contributed by atoms with Gasteiger partial charge in [0.2, 0.25) is 5.91 Å². The van der Waals surface area contributed by atoms with Crippen molar-refractivity contribution < 1.29 is 14.6 Å². The number of carbonyl (C=O) groups excluding carboxylic acids is 1. The van der Waals surface area contributed by atoms with E-state index >= 15 is 0 Å². The van der Waals surface area contributed by atoms with Crippen LogP contribution in [0.2, 0.25) is 5.02 Å². The molecule has 0 heterocycles. The lowest BCUT2D eigenvalue weighted by molar-refractivity contribution is -0.122. The fraction of sp³-hybridized carbons (Fsp3) is 0.562. The Kier molecular flexibility index (Phi) is 6.99. The molecule has 0 aromatic heterocycles. The van der Waals surface area contributed by atoms with Crippen molar-refractivity contribution in [2.75, 3.05) is 13.2 Å². The number of aliphatic hydroxyl groups excluding tert-OH is 1. The molecular weight excluding hydrogens is 290 g/mol. The van der Waals surface area contributed by atoms with Gasteiger partial charge in [0.15, 0.2) is 0 Å². The second-order valence-electron chi connectivity index (χ2n) is 6.05. The smallest absolute Gasteiger partial charge is 0.223 e. The zero-order valence-corrected chi connectivity index (χ0v) is 13.6. The van der Waals surface area contributed by atoms with Gasteiger partial charge in [-0.1, -0.05) is 31.5 Å². The Labute approximate surface area is 131 Å². The lowest BCUT2D eigenvalue weighted by Crippen LogP contribution is -2.36. The van der Waals surface area contributed by atoms with E-state index in [0.29, 0.717) is 30.3 Å². The molecule has 5 heteroatoms. The summed E-state index contributed by atoms with van der Waals surface area (Å²) < 4.78 is 5.47. The Morgan fingerprint density at radius 2 is 2.19 bits per heavy atom. The van der Waals surface area contributed by atoms with E-state index in [4.69, 9.17) is 16.3 Å². The van der Waals surface area contributed by atoms with Gasteiger partial charge in [0.25, 0.3) is 0 Å². The molecule has 0 aliphatic carbocycles. The third-order valence-electron chi connectivity index (χ3n) is 3.01. The lowest BCUT2D eigenvalue weighted by atomic mass is 9.87. The Balaban J connectivity index is 2.25. The Hall–Kier alpha value is -1.26. The molecule has 1 atom stereocenters. The molecule has 2 N–H and O–H groups in total. The Morgan fingerprint density at radius 3 is 2.81 bits per heavy atom. The fourth-order valence-electron chi connectivity index (χ4n) is 2.12. The number of amides is 1. The summed E-state index contributed by atoms with van der Waals surface area (Å²) in [5, 5.41) is 12.9. The molecular formula is C16H24ClNO3. The van der Waals surface area contributed by atoms with Crippen LogP contribution in [0, 0.1) is 5.41 Å². The summed E-state index contributed by atoms with van der Waals surface area (Å²) in [6, 6.07) is 7.09. The topological polar surface area (TPSA) is 58.6 Å². The maximum atomic E-state index is 11.8. The minimum absolute atomic E-state index is 0.0595. The zero-order chi connectivity index (χ0) is 15.9. The monoisotopic (exact) mass is 313 g/mol. The molecule has 0 bridgehead atoms. The zero-order valence-electron chi connectivity index (χ0n) is 12.9. The van der Waals surface area contributed by atoms with E-state index in [2.05, 4.69) is 5.32 Å². The Morgan fingerprint density at radius 1 is 1.48 bits per heavy atom. The summed E-state index contributed by atoms with van der Waals surface area (Å²) in [6.45, 7) is 6.63. The molecule has 21 heavy (non-hydrogen) atoms. The average molecular weight is 314 g/mol. The van der Waals surface area contributed by atoms with Crippen LogP contribution in [0.4, 0.5) is 0 Å². The number of aliphatic hydroxyl groups is 1. The van der Waals surface area contributed by atoms with Gasteiger partial charge in [0.1, 0.15) is 5.75 Å². The van der Waals surface area contributed by atoms with Crippen molar-refractivity contribution in [3.8, 4) is 5.75 Å². The minimum atomic E-state index is -0.372. The molecule has 0 saturated carbocycles. The van der Waals surface area contributed by atoms with Crippen LogP contribution >= 0.6 is 11.6 Å². The van der Waals surface area contributed by atoms with Crippen molar-refractivity contribution in [1.82, 2.24) is 5.32 Å².